The molecule has 3 aromatic rings. The zero-order valence-electron chi connectivity index (χ0n) is 15.5. The summed E-state index contributed by atoms with van der Waals surface area (Å²) < 4.78 is 16.1. The first-order valence-corrected chi connectivity index (χ1v) is 8.76. The van der Waals surface area contributed by atoms with Gasteiger partial charge >= 0.3 is 6.09 Å². The molecule has 1 aromatic heterocycles. The van der Waals surface area contributed by atoms with Crippen molar-refractivity contribution in [2.75, 3.05) is 38.8 Å². The molecule has 7 nitrogen and oxygen atoms in total. The Bertz CT molecular complexity index is 843. The maximum absolute atomic E-state index is 11.0. The highest BCUT2D eigenvalue weighted by atomic mass is 16.5. The number of hydrogen-bond donors (Lipinski definition) is 1. The molecule has 27 heavy (non-hydrogen) atoms. The normalized spacial score (nSPS) is 10.6. The Morgan fingerprint density at radius 1 is 1.19 bits per heavy atom. The van der Waals surface area contributed by atoms with Crippen molar-refractivity contribution in [3.05, 3.63) is 54.1 Å². The molecule has 0 bridgehead atoms. The van der Waals surface area contributed by atoms with E-state index >= 15 is 0 Å². The molecular weight excluding hydrogens is 346 g/mol. The summed E-state index contributed by atoms with van der Waals surface area (Å²) in [5, 5.41) is 2.65. The van der Waals surface area contributed by atoms with Crippen molar-refractivity contribution < 1.29 is 18.7 Å². The molecule has 0 saturated carbocycles. The minimum absolute atomic E-state index is 0.419. The number of ether oxygens (including phenoxy) is 2. The van der Waals surface area contributed by atoms with Gasteiger partial charge in [-0.3, -0.25) is 0 Å². The van der Waals surface area contributed by atoms with Crippen LogP contribution >= 0.6 is 0 Å². The van der Waals surface area contributed by atoms with Gasteiger partial charge < -0.3 is 24.1 Å². The summed E-state index contributed by atoms with van der Waals surface area (Å²) in [5.41, 5.74) is 2.73. The smallest absolute Gasteiger partial charge is 0.406 e. The molecule has 0 aliphatic rings. The Balaban J connectivity index is 1.43. The molecule has 142 valence electrons. The molecule has 1 N–H and O–H groups in total. The zero-order chi connectivity index (χ0) is 19.1. The van der Waals surface area contributed by atoms with Crippen LogP contribution in [-0.4, -0.2) is 44.9 Å². The van der Waals surface area contributed by atoms with Crippen molar-refractivity contribution in [3.63, 3.8) is 0 Å². The van der Waals surface area contributed by atoms with E-state index in [1.54, 1.807) is 0 Å². The van der Waals surface area contributed by atoms with E-state index in [-0.39, 0.29) is 0 Å². The van der Waals surface area contributed by atoms with Crippen LogP contribution in [0.25, 0.3) is 11.1 Å². The Kier molecular flexibility index (Phi) is 6.14. The highest BCUT2D eigenvalue weighted by molar-refractivity contribution is 5.74. The molecule has 0 unspecified atom stereocenters. The number of oxazole rings is 1. The van der Waals surface area contributed by atoms with Gasteiger partial charge in [0, 0.05) is 13.6 Å². The van der Waals surface area contributed by atoms with Crippen LogP contribution in [0.3, 0.4) is 0 Å². The Hall–Kier alpha value is -3.22. The Labute approximate surface area is 157 Å². The third-order valence-corrected chi connectivity index (χ3v) is 4.10. The largest absolute Gasteiger partial charge is 0.492 e. The van der Waals surface area contributed by atoms with Crippen LogP contribution < -0.4 is 15.0 Å². The maximum atomic E-state index is 11.0. The van der Waals surface area contributed by atoms with Gasteiger partial charge in [0.15, 0.2) is 5.58 Å². The van der Waals surface area contributed by atoms with E-state index in [0.717, 1.165) is 28.8 Å². The van der Waals surface area contributed by atoms with E-state index in [2.05, 4.69) is 15.0 Å². The third-order valence-electron chi connectivity index (χ3n) is 4.10. The number of nitrogens with one attached hydrogen (secondary N) is 1. The van der Waals surface area contributed by atoms with Crippen molar-refractivity contribution in [2.24, 2.45) is 0 Å². The molecule has 0 aliphatic heterocycles. The van der Waals surface area contributed by atoms with Crippen LogP contribution in [0.5, 0.6) is 5.75 Å². The van der Waals surface area contributed by atoms with Crippen molar-refractivity contribution in [1.82, 2.24) is 10.3 Å². The van der Waals surface area contributed by atoms with Gasteiger partial charge in [0.05, 0.1) is 13.7 Å². The van der Waals surface area contributed by atoms with E-state index in [0.29, 0.717) is 25.7 Å². The number of alkyl carbamates (subject to hydrolysis) is 1. The molecule has 1 amide bonds. The molecule has 0 saturated heterocycles. The minimum atomic E-state index is -0.419. The fourth-order valence-corrected chi connectivity index (χ4v) is 2.55. The summed E-state index contributed by atoms with van der Waals surface area (Å²) in [6.45, 7) is 1.69. The second-order valence-corrected chi connectivity index (χ2v) is 6.05. The standard InChI is InChI=1S/C20H23N3O4/c1-23(19-22-17-5-3-4-6-18(17)27-19)13-14-26-16-9-7-15(8-10-16)11-12-21-20(24)25-2/h3-10H,11-14H2,1-2H3,(H,21,24). The summed E-state index contributed by atoms with van der Waals surface area (Å²) in [4.78, 5) is 17.4. The summed E-state index contributed by atoms with van der Waals surface area (Å²) in [5.74, 6) is 0.797. The second kappa shape index (κ2) is 8.93. The number of benzene rings is 2. The lowest BCUT2D eigenvalue weighted by Gasteiger charge is -2.15. The van der Waals surface area contributed by atoms with Crippen LogP contribution in [0.15, 0.2) is 52.9 Å². The molecule has 0 fully saturated rings. The number of carbonyl (C=O) groups is 1. The first-order chi connectivity index (χ1) is 13.2. The molecular formula is C20H23N3O4. The molecule has 0 atom stereocenters. The fraction of sp³-hybridized carbons (Fsp3) is 0.300. The Morgan fingerprint density at radius 3 is 2.70 bits per heavy atom. The quantitative estimate of drug-likeness (QED) is 0.657. The molecule has 1 heterocycles. The highest BCUT2D eigenvalue weighted by Crippen LogP contribution is 2.20. The predicted octanol–water partition coefficient (Wildman–Crippen LogP) is 3.24. The molecule has 0 radical (unpaired) electrons. The molecule has 0 aliphatic carbocycles. The number of nitrogens with zero attached hydrogens (tertiary/aromatic N) is 2. The number of rotatable bonds is 8. The molecule has 7 heteroatoms. The summed E-state index contributed by atoms with van der Waals surface area (Å²) in [6.07, 6.45) is 0.313. The van der Waals surface area contributed by atoms with Crippen LogP contribution in [0.1, 0.15) is 5.56 Å². The number of fused-ring (bicyclic) bond motifs is 1. The van der Waals surface area contributed by atoms with Gasteiger partial charge in [0.25, 0.3) is 6.01 Å². The van der Waals surface area contributed by atoms with Crippen molar-refractivity contribution in [1.29, 1.82) is 0 Å². The lowest BCUT2D eigenvalue weighted by Crippen LogP contribution is -2.25. The molecule has 2 aromatic carbocycles. The van der Waals surface area contributed by atoms with Crippen LogP contribution in [0, 0.1) is 0 Å². The average molecular weight is 369 g/mol. The van der Waals surface area contributed by atoms with Crippen molar-refractivity contribution in [3.8, 4) is 5.75 Å². The number of hydrogen-bond acceptors (Lipinski definition) is 6. The van der Waals surface area contributed by atoms with Gasteiger partial charge in [-0.05, 0) is 36.2 Å². The van der Waals surface area contributed by atoms with Gasteiger partial charge in [0.2, 0.25) is 0 Å². The van der Waals surface area contributed by atoms with Crippen LogP contribution in [0.4, 0.5) is 10.8 Å². The van der Waals surface area contributed by atoms with Gasteiger partial charge in [-0.2, -0.15) is 4.98 Å². The van der Waals surface area contributed by atoms with E-state index in [1.165, 1.54) is 7.11 Å². The van der Waals surface area contributed by atoms with Crippen molar-refractivity contribution in [2.45, 2.75) is 6.42 Å². The highest BCUT2D eigenvalue weighted by Gasteiger charge is 2.09. The lowest BCUT2D eigenvalue weighted by molar-refractivity contribution is 0.171. The molecule has 0 spiro atoms. The molecule has 3 rings (SSSR count). The monoisotopic (exact) mass is 369 g/mol. The fourth-order valence-electron chi connectivity index (χ4n) is 2.55. The van der Waals surface area contributed by atoms with Crippen LogP contribution in [-0.2, 0) is 11.2 Å². The van der Waals surface area contributed by atoms with E-state index in [9.17, 15) is 4.79 Å². The maximum Gasteiger partial charge on any atom is 0.406 e. The second-order valence-electron chi connectivity index (χ2n) is 6.05. The SMILES string of the molecule is COC(=O)NCCc1ccc(OCCN(C)c2nc3ccccc3o2)cc1. The summed E-state index contributed by atoms with van der Waals surface area (Å²) >= 11 is 0. The van der Waals surface area contributed by atoms with Gasteiger partial charge in [-0.1, -0.05) is 24.3 Å². The number of carbonyl (C=O) groups excluding carboxylic acids is 1. The number of para-hydroxylation sites is 2. The third kappa shape index (κ3) is 5.13. The van der Waals surface area contributed by atoms with E-state index < -0.39 is 6.09 Å². The number of aromatic nitrogens is 1. The van der Waals surface area contributed by atoms with E-state index in [4.69, 9.17) is 9.15 Å². The predicted molar refractivity (Wildman–Crippen MR) is 103 cm³/mol. The zero-order valence-corrected chi connectivity index (χ0v) is 15.5. The topological polar surface area (TPSA) is 76.8 Å². The summed E-state index contributed by atoms with van der Waals surface area (Å²) in [6, 6.07) is 16.1. The number of likely N-dealkylation sites (N-methyl/N-ethyl adjacent to an activating group) is 1. The van der Waals surface area contributed by atoms with E-state index in [1.807, 2.05) is 60.5 Å². The van der Waals surface area contributed by atoms with Crippen molar-refractivity contribution >= 4 is 23.2 Å². The number of amides is 1. The van der Waals surface area contributed by atoms with Gasteiger partial charge in [0.1, 0.15) is 17.9 Å². The van der Waals surface area contributed by atoms with Gasteiger partial charge in [-0.15, -0.1) is 0 Å². The first kappa shape index (κ1) is 18.6. The number of methoxy groups -OCH3 is 1. The van der Waals surface area contributed by atoms with Crippen LogP contribution in [0.2, 0.25) is 0 Å². The number of anilines is 1. The average Bonchev–Trinajstić information content (AvgIpc) is 3.13. The first-order valence-electron chi connectivity index (χ1n) is 8.76. The van der Waals surface area contributed by atoms with Gasteiger partial charge in [-0.25, -0.2) is 4.79 Å². The summed E-state index contributed by atoms with van der Waals surface area (Å²) in [7, 11) is 3.27. The Morgan fingerprint density at radius 2 is 1.96 bits per heavy atom. The lowest BCUT2D eigenvalue weighted by atomic mass is 10.1. The minimum Gasteiger partial charge on any atom is -0.492 e.